The number of carbonyl (C=O) groups is 1. The molecule has 0 bridgehead atoms. The van der Waals surface area contributed by atoms with Crippen LogP contribution in [-0.2, 0) is 4.79 Å². The number of halogens is 2. The number of amides is 1. The molecule has 1 aliphatic heterocycles. The van der Waals surface area contributed by atoms with Gasteiger partial charge in [-0.05, 0) is 31.0 Å². The summed E-state index contributed by atoms with van der Waals surface area (Å²) in [6.07, 6.45) is 2.64. The SMILES string of the molecule is CCCC1(C(=O)Nc2cc(Cl)nc(Cl)n2)CCNC1. The molecule has 1 saturated heterocycles. The number of aromatic nitrogens is 2. The van der Waals surface area contributed by atoms with Gasteiger partial charge in [-0.1, -0.05) is 24.9 Å². The van der Waals surface area contributed by atoms with Crippen LogP contribution in [0.1, 0.15) is 26.2 Å². The Bertz CT molecular complexity index is 455. The standard InChI is InChI=1S/C12H16Cl2N4O/c1-2-3-12(4-5-15-7-12)10(19)17-9-6-8(13)16-11(14)18-9/h6,15H,2-5,7H2,1H3,(H,16,17,18,19). The van der Waals surface area contributed by atoms with E-state index in [0.29, 0.717) is 12.4 Å². The summed E-state index contributed by atoms with van der Waals surface area (Å²) in [4.78, 5) is 20.2. The Balaban J connectivity index is 2.14. The van der Waals surface area contributed by atoms with E-state index < -0.39 is 0 Å². The number of hydrogen-bond acceptors (Lipinski definition) is 4. The average molecular weight is 303 g/mol. The molecular weight excluding hydrogens is 287 g/mol. The number of anilines is 1. The molecule has 104 valence electrons. The quantitative estimate of drug-likeness (QED) is 0.662. The number of carbonyl (C=O) groups excluding carboxylic acids is 1. The second-order valence-electron chi connectivity index (χ2n) is 4.76. The van der Waals surface area contributed by atoms with E-state index in [9.17, 15) is 4.79 Å². The molecule has 0 aliphatic carbocycles. The lowest BCUT2D eigenvalue weighted by molar-refractivity contribution is -0.125. The maximum absolute atomic E-state index is 12.5. The summed E-state index contributed by atoms with van der Waals surface area (Å²) in [7, 11) is 0. The van der Waals surface area contributed by atoms with E-state index in [-0.39, 0.29) is 21.8 Å². The third-order valence-electron chi connectivity index (χ3n) is 3.36. The molecule has 1 amide bonds. The highest BCUT2D eigenvalue weighted by Gasteiger charge is 2.40. The lowest BCUT2D eigenvalue weighted by atomic mass is 9.81. The number of hydrogen-bond donors (Lipinski definition) is 2. The zero-order chi connectivity index (χ0) is 13.9. The van der Waals surface area contributed by atoms with E-state index in [1.54, 1.807) is 0 Å². The summed E-state index contributed by atoms with van der Waals surface area (Å²) < 4.78 is 0. The van der Waals surface area contributed by atoms with Gasteiger partial charge < -0.3 is 10.6 Å². The fourth-order valence-corrected chi connectivity index (χ4v) is 2.85. The van der Waals surface area contributed by atoms with Crippen LogP contribution in [0.2, 0.25) is 10.4 Å². The molecule has 5 nitrogen and oxygen atoms in total. The van der Waals surface area contributed by atoms with E-state index in [1.807, 2.05) is 0 Å². The summed E-state index contributed by atoms with van der Waals surface area (Å²) in [6.45, 7) is 3.63. The highest BCUT2D eigenvalue weighted by molar-refractivity contribution is 6.32. The Morgan fingerprint density at radius 1 is 1.53 bits per heavy atom. The minimum Gasteiger partial charge on any atom is -0.316 e. The highest BCUT2D eigenvalue weighted by Crippen LogP contribution is 2.32. The second-order valence-corrected chi connectivity index (χ2v) is 5.48. The van der Waals surface area contributed by atoms with Crippen molar-refractivity contribution in [3.63, 3.8) is 0 Å². The van der Waals surface area contributed by atoms with Crippen LogP contribution in [-0.4, -0.2) is 29.0 Å². The molecule has 0 aromatic carbocycles. The molecule has 1 fully saturated rings. The average Bonchev–Trinajstić information content (AvgIpc) is 2.78. The molecule has 19 heavy (non-hydrogen) atoms. The molecule has 1 aromatic heterocycles. The van der Waals surface area contributed by atoms with E-state index >= 15 is 0 Å². The molecule has 1 atom stereocenters. The molecule has 7 heteroatoms. The van der Waals surface area contributed by atoms with Crippen molar-refractivity contribution < 1.29 is 4.79 Å². The van der Waals surface area contributed by atoms with Crippen LogP contribution in [0.15, 0.2) is 6.07 Å². The predicted octanol–water partition coefficient (Wildman–Crippen LogP) is 2.50. The van der Waals surface area contributed by atoms with E-state index in [0.717, 1.165) is 25.8 Å². The van der Waals surface area contributed by atoms with Crippen LogP contribution in [0.25, 0.3) is 0 Å². The predicted molar refractivity (Wildman–Crippen MR) is 75.5 cm³/mol. The van der Waals surface area contributed by atoms with Gasteiger partial charge in [-0.25, -0.2) is 9.97 Å². The second kappa shape index (κ2) is 6.03. The molecule has 0 spiro atoms. The van der Waals surface area contributed by atoms with E-state index in [4.69, 9.17) is 23.2 Å². The van der Waals surface area contributed by atoms with Crippen molar-refractivity contribution in [2.24, 2.45) is 5.41 Å². The van der Waals surface area contributed by atoms with Crippen molar-refractivity contribution >= 4 is 34.9 Å². The van der Waals surface area contributed by atoms with Gasteiger partial charge in [-0.3, -0.25) is 4.79 Å². The van der Waals surface area contributed by atoms with Gasteiger partial charge in [0, 0.05) is 12.6 Å². The summed E-state index contributed by atoms with van der Waals surface area (Å²) in [6, 6.07) is 1.49. The summed E-state index contributed by atoms with van der Waals surface area (Å²) >= 11 is 11.5. The van der Waals surface area contributed by atoms with Gasteiger partial charge in [-0.2, -0.15) is 0 Å². The Morgan fingerprint density at radius 3 is 2.89 bits per heavy atom. The zero-order valence-corrected chi connectivity index (χ0v) is 12.2. The molecule has 1 aliphatic rings. The summed E-state index contributed by atoms with van der Waals surface area (Å²) in [5.74, 6) is 0.308. The van der Waals surface area contributed by atoms with Crippen molar-refractivity contribution in [1.82, 2.24) is 15.3 Å². The van der Waals surface area contributed by atoms with Gasteiger partial charge in [0.2, 0.25) is 11.2 Å². The Labute approximate surface area is 122 Å². The molecule has 1 aromatic rings. The first kappa shape index (κ1) is 14.5. The first-order chi connectivity index (χ1) is 9.05. The molecule has 1 unspecified atom stereocenters. The largest absolute Gasteiger partial charge is 0.316 e. The molecule has 2 heterocycles. The maximum atomic E-state index is 12.5. The Kier molecular flexibility index (Phi) is 4.60. The first-order valence-corrected chi connectivity index (χ1v) is 7.03. The van der Waals surface area contributed by atoms with Crippen LogP contribution in [0.3, 0.4) is 0 Å². The fraction of sp³-hybridized carbons (Fsp3) is 0.583. The van der Waals surface area contributed by atoms with E-state index in [2.05, 4.69) is 27.5 Å². The van der Waals surface area contributed by atoms with Gasteiger partial charge in [0.05, 0.1) is 5.41 Å². The lowest BCUT2D eigenvalue weighted by Crippen LogP contribution is -2.38. The molecule has 0 radical (unpaired) electrons. The van der Waals surface area contributed by atoms with Crippen LogP contribution >= 0.6 is 23.2 Å². The van der Waals surface area contributed by atoms with Gasteiger partial charge >= 0.3 is 0 Å². The molecular formula is C12H16Cl2N4O. The minimum absolute atomic E-state index is 0.0249. The molecule has 2 N–H and O–H groups in total. The van der Waals surface area contributed by atoms with Crippen molar-refractivity contribution in [3.05, 3.63) is 16.5 Å². The van der Waals surface area contributed by atoms with Crippen molar-refractivity contribution in [2.45, 2.75) is 26.2 Å². The van der Waals surface area contributed by atoms with Crippen LogP contribution in [0.5, 0.6) is 0 Å². The minimum atomic E-state index is -0.362. The van der Waals surface area contributed by atoms with Crippen molar-refractivity contribution in [1.29, 1.82) is 0 Å². The van der Waals surface area contributed by atoms with Gasteiger partial charge in [-0.15, -0.1) is 0 Å². The first-order valence-electron chi connectivity index (χ1n) is 6.28. The fourth-order valence-electron chi connectivity index (χ4n) is 2.45. The van der Waals surface area contributed by atoms with Crippen LogP contribution in [0.4, 0.5) is 5.82 Å². The topological polar surface area (TPSA) is 66.9 Å². The normalized spacial score (nSPS) is 22.5. The Morgan fingerprint density at radius 2 is 2.32 bits per heavy atom. The van der Waals surface area contributed by atoms with Gasteiger partial charge in [0.25, 0.3) is 0 Å². The molecule has 0 saturated carbocycles. The Hall–Kier alpha value is -0.910. The van der Waals surface area contributed by atoms with Crippen molar-refractivity contribution in [3.8, 4) is 0 Å². The maximum Gasteiger partial charge on any atom is 0.233 e. The van der Waals surface area contributed by atoms with Crippen LogP contribution in [0, 0.1) is 5.41 Å². The van der Waals surface area contributed by atoms with Gasteiger partial charge in [0.15, 0.2) is 0 Å². The highest BCUT2D eigenvalue weighted by atomic mass is 35.5. The smallest absolute Gasteiger partial charge is 0.233 e. The van der Waals surface area contributed by atoms with Gasteiger partial charge in [0.1, 0.15) is 11.0 Å². The third kappa shape index (κ3) is 3.35. The number of nitrogens with one attached hydrogen (secondary N) is 2. The lowest BCUT2D eigenvalue weighted by Gasteiger charge is -2.26. The summed E-state index contributed by atoms with van der Waals surface area (Å²) in [5, 5.41) is 6.27. The summed E-state index contributed by atoms with van der Waals surface area (Å²) in [5.41, 5.74) is -0.362. The van der Waals surface area contributed by atoms with Crippen LogP contribution < -0.4 is 10.6 Å². The number of nitrogens with zero attached hydrogens (tertiary/aromatic N) is 2. The van der Waals surface area contributed by atoms with E-state index in [1.165, 1.54) is 6.07 Å². The van der Waals surface area contributed by atoms with Crippen molar-refractivity contribution in [2.75, 3.05) is 18.4 Å². The number of rotatable bonds is 4. The molecule has 2 rings (SSSR count). The monoisotopic (exact) mass is 302 g/mol. The third-order valence-corrected chi connectivity index (χ3v) is 3.73. The zero-order valence-electron chi connectivity index (χ0n) is 10.7.